The predicted molar refractivity (Wildman–Crippen MR) is 284 cm³/mol. The molecule has 2 atom stereocenters. The molecule has 0 aliphatic rings. The van der Waals surface area contributed by atoms with Crippen LogP contribution in [-0.4, -0.2) is 37.2 Å². The van der Waals surface area contributed by atoms with Gasteiger partial charge in [-0.1, -0.05) is 298 Å². The van der Waals surface area contributed by atoms with Gasteiger partial charge < -0.3 is 14.2 Å². The molecule has 392 valence electrons. The highest BCUT2D eigenvalue weighted by Crippen LogP contribution is 2.19. The van der Waals surface area contributed by atoms with Gasteiger partial charge in [0, 0.05) is 19.3 Å². The van der Waals surface area contributed by atoms with Crippen molar-refractivity contribution in [3.63, 3.8) is 0 Å². The number of carbonyl (C=O) groups is 3. The molecule has 0 N–H and O–H groups in total. The van der Waals surface area contributed by atoms with Gasteiger partial charge in [0.1, 0.15) is 13.2 Å². The van der Waals surface area contributed by atoms with E-state index in [0.717, 1.165) is 69.6 Å². The van der Waals surface area contributed by atoms with Gasteiger partial charge in [-0.3, -0.25) is 14.4 Å². The monoisotopic (exact) mass is 933 g/mol. The molecular weight excluding hydrogens is 817 g/mol. The molecule has 0 heterocycles. The lowest BCUT2D eigenvalue weighted by Crippen LogP contribution is -2.30. The van der Waals surface area contributed by atoms with Crippen molar-refractivity contribution in [2.45, 2.75) is 343 Å². The van der Waals surface area contributed by atoms with Crippen molar-refractivity contribution in [3.8, 4) is 0 Å². The second kappa shape index (κ2) is 52.8. The summed E-state index contributed by atoms with van der Waals surface area (Å²) in [4.78, 5) is 38.1. The standard InChI is InChI=1S/C60H116O6/c1-6-8-9-10-11-12-13-14-15-21-24-27-30-35-40-45-50-58(61)64-53-57(54-65-59(62)51-46-41-37-32-33-38-43-48-55(3)4)66-60(63)52-47-42-36-31-28-25-22-19-17-16-18-20-23-26-29-34-39-44-49-56(5)7-2/h55-57H,6-54H2,1-5H3/t56?,57-/m0/s1. The van der Waals surface area contributed by atoms with Crippen LogP contribution in [0.5, 0.6) is 0 Å². The molecule has 0 aliphatic heterocycles. The van der Waals surface area contributed by atoms with E-state index in [-0.39, 0.29) is 31.1 Å². The molecule has 0 aliphatic carbocycles. The summed E-state index contributed by atoms with van der Waals surface area (Å²) in [7, 11) is 0. The van der Waals surface area contributed by atoms with Gasteiger partial charge in [0.15, 0.2) is 6.10 Å². The number of unbranched alkanes of at least 4 members (excludes halogenated alkanes) is 38. The molecule has 0 saturated heterocycles. The van der Waals surface area contributed by atoms with E-state index in [0.29, 0.717) is 19.3 Å². The maximum Gasteiger partial charge on any atom is 0.306 e. The van der Waals surface area contributed by atoms with Gasteiger partial charge in [-0.15, -0.1) is 0 Å². The third-order valence-electron chi connectivity index (χ3n) is 14.1. The SMILES string of the molecule is CCCCCCCCCCCCCCCCCCC(=O)OC[C@@H](COC(=O)CCCCCCCCCC(C)C)OC(=O)CCCCCCCCCCCCCCCCCCCCC(C)CC. The first kappa shape index (κ1) is 64.4. The average molecular weight is 934 g/mol. The van der Waals surface area contributed by atoms with Gasteiger partial charge in [0.25, 0.3) is 0 Å². The smallest absolute Gasteiger partial charge is 0.306 e. The van der Waals surface area contributed by atoms with E-state index in [1.807, 2.05) is 0 Å². The van der Waals surface area contributed by atoms with Crippen molar-refractivity contribution in [1.29, 1.82) is 0 Å². The van der Waals surface area contributed by atoms with E-state index in [4.69, 9.17) is 14.2 Å². The highest BCUT2D eigenvalue weighted by molar-refractivity contribution is 5.71. The van der Waals surface area contributed by atoms with Crippen LogP contribution in [0.3, 0.4) is 0 Å². The van der Waals surface area contributed by atoms with Gasteiger partial charge in [-0.25, -0.2) is 0 Å². The largest absolute Gasteiger partial charge is 0.462 e. The van der Waals surface area contributed by atoms with Crippen molar-refractivity contribution in [2.24, 2.45) is 11.8 Å². The molecule has 66 heavy (non-hydrogen) atoms. The fraction of sp³-hybridized carbons (Fsp3) is 0.950. The molecule has 0 aromatic rings. The summed E-state index contributed by atoms with van der Waals surface area (Å²) in [6.07, 6.45) is 56.8. The first-order valence-corrected chi connectivity index (χ1v) is 29.8. The van der Waals surface area contributed by atoms with Crippen LogP contribution >= 0.6 is 0 Å². The molecule has 0 saturated carbocycles. The summed E-state index contributed by atoms with van der Waals surface area (Å²) in [5, 5.41) is 0. The molecule has 0 radical (unpaired) electrons. The van der Waals surface area contributed by atoms with Crippen LogP contribution in [0, 0.1) is 11.8 Å². The molecule has 1 unspecified atom stereocenters. The zero-order valence-electron chi connectivity index (χ0n) is 45.3. The van der Waals surface area contributed by atoms with E-state index in [2.05, 4.69) is 34.6 Å². The normalized spacial score (nSPS) is 12.5. The Morgan fingerprint density at radius 2 is 0.576 bits per heavy atom. The Bertz CT molecular complexity index is 1010. The lowest BCUT2D eigenvalue weighted by Gasteiger charge is -2.18. The highest BCUT2D eigenvalue weighted by Gasteiger charge is 2.19. The van der Waals surface area contributed by atoms with Crippen LogP contribution in [-0.2, 0) is 28.6 Å². The van der Waals surface area contributed by atoms with Crippen LogP contribution in [0.4, 0.5) is 0 Å². The molecule has 0 rings (SSSR count). The van der Waals surface area contributed by atoms with Gasteiger partial charge in [-0.2, -0.15) is 0 Å². The van der Waals surface area contributed by atoms with Crippen LogP contribution in [0.2, 0.25) is 0 Å². The highest BCUT2D eigenvalue weighted by atomic mass is 16.6. The Morgan fingerprint density at radius 1 is 0.318 bits per heavy atom. The molecule has 0 fully saturated rings. The Hall–Kier alpha value is -1.59. The Kier molecular flexibility index (Phi) is 51.5. The zero-order valence-corrected chi connectivity index (χ0v) is 45.3. The van der Waals surface area contributed by atoms with Crippen molar-refractivity contribution in [1.82, 2.24) is 0 Å². The molecule has 6 heteroatoms. The molecule has 0 amide bonds. The minimum absolute atomic E-state index is 0.0631. The van der Waals surface area contributed by atoms with Crippen molar-refractivity contribution in [2.75, 3.05) is 13.2 Å². The van der Waals surface area contributed by atoms with Crippen LogP contribution in [0.1, 0.15) is 336 Å². The Morgan fingerprint density at radius 3 is 0.864 bits per heavy atom. The number of carbonyl (C=O) groups excluding carboxylic acids is 3. The molecule has 0 aromatic carbocycles. The maximum atomic E-state index is 12.9. The lowest BCUT2D eigenvalue weighted by atomic mass is 9.99. The minimum atomic E-state index is -0.763. The van der Waals surface area contributed by atoms with E-state index in [1.54, 1.807) is 0 Å². The van der Waals surface area contributed by atoms with E-state index < -0.39 is 6.10 Å². The predicted octanol–water partition coefficient (Wildman–Crippen LogP) is 19.7. The minimum Gasteiger partial charge on any atom is -0.462 e. The zero-order chi connectivity index (χ0) is 48.2. The van der Waals surface area contributed by atoms with Crippen molar-refractivity contribution < 1.29 is 28.6 Å². The van der Waals surface area contributed by atoms with Gasteiger partial charge in [0.05, 0.1) is 0 Å². The topological polar surface area (TPSA) is 78.9 Å². The summed E-state index contributed by atoms with van der Waals surface area (Å²) in [5.74, 6) is 0.849. The average Bonchev–Trinajstić information content (AvgIpc) is 3.30. The summed E-state index contributed by atoms with van der Waals surface area (Å²) in [6.45, 7) is 11.4. The molecular formula is C60H116O6. The summed E-state index contributed by atoms with van der Waals surface area (Å²) in [5.41, 5.74) is 0. The lowest BCUT2D eigenvalue weighted by molar-refractivity contribution is -0.167. The fourth-order valence-electron chi connectivity index (χ4n) is 9.20. The van der Waals surface area contributed by atoms with Crippen LogP contribution in [0.15, 0.2) is 0 Å². The molecule has 0 aromatic heterocycles. The third kappa shape index (κ3) is 51.8. The van der Waals surface area contributed by atoms with E-state index in [9.17, 15) is 14.4 Å². The number of hydrogen-bond donors (Lipinski definition) is 0. The summed E-state index contributed by atoms with van der Waals surface area (Å²) >= 11 is 0. The third-order valence-corrected chi connectivity index (χ3v) is 14.1. The van der Waals surface area contributed by atoms with Gasteiger partial charge in [-0.05, 0) is 31.1 Å². The van der Waals surface area contributed by atoms with Gasteiger partial charge >= 0.3 is 17.9 Å². The van der Waals surface area contributed by atoms with E-state index >= 15 is 0 Å². The van der Waals surface area contributed by atoms with Crippen molar-refractivity contribution in [3.05, 3.63) is 0 Å². The van der Waals surface area contributed by atoms with Crippen LogP contribution in [0.25, 0.3) is 0 Å². The Balaban J connectivity index is 4.21. The maximum absolute atomic E-state index is 12.9. The molecule has 6 nitrogen and oxygen atoms in total. The first-order valence-electron chi connectivity index (χ1n) is 29.8. The second-order valence-corrected chi connectivity index (χ2v) is 21.4. The number of rotatable bonds is 54. The van der Waals surface area contributed by atoms with E-state index in [1.165, 1.54) is 225 Å². The Labute approximate surface area is 412 Å². The number of esters is 3. The second-order valence-electron chi connectivity index (χ2n) is 21.4. The van der Waals surface area contributed by atoms with Gasteiger partial charge in [0.2, 0.25) is 0 Å². The van der Waals surface area contributed by atoms with Crippen molar-refractivity contribution >= 4 is 17.9 Å². The quantitative estimate of drug-likeness (QED) is 0.0343. The summed E-state index contributed by atoms with van der Waals surface area (Å²) < 4.78 is 16.9. The molecule has 0 bridgehead atoms. The number of hydrogen-bond acceptors (Lipinski definition) is 6. The molecule has 0 spiro atoms. The first-order chi connectivity index (χ1) is 32.3. The van der Waals surface area contributed by atoms with Crippen LogP contribution < -0.4 is 0 Å². The summed E-state index contributed by atoms with van der Waals surface area (Å²) in [6, 6.07) is 0. The number of ether oxygens (including phenoxy) is 3. The fourth-order valence-corrected chi connectivity index (χ4v) is 9.20.